The van der Waals surface area contributed by atoms with E-state index in [0.717, 1.165) is 0 Å². The van der Waals surface area contributed by atoms with Crippen LogP contribution in [0.3, 0.4) is 0 Å². The molecule has 0 aliphatic carbocycles. The Hall–Kier alpha value is -0.0800. The molecule has 0 fully saturated rings. The van der Waals surface area contributed by atoms with Crippen LogP contribution in [0.4, 0.5) is 48.3 Å². The fourth-order valence-corrected chi connectivity index (χ4v) is 1.92. The molecule has 0 aromatic rings. The van der Waals surface area contributed by atoms with Crippen LogP contribution in [0.1, 0.15) is 0 Å². The summed E-state index contributed by atoms with van der Waals surface area (Å²) in [5.74, 6) is -10.1. The molecular formula is C7H4F11IO. The highest BCUT2D eigenvalue weighted by molar-refractivity contribution is 14.1. The van der Waals surface area contributed by atoms with Gasteiger partial charge in [-0.05, 0) is 0 Å². The van der Waals surface area contributed by atoms with Gasteiger partial charge >= 0.3 is 24.4 Å². The van der Waals surface area contributed by atoms with Crippen LogP contribution in [0.15, 0.2) is 0 Å². The maximum absolute atomic E-state index is 13.0. The molecule has 0 spiro atoms. The van der Waals surface area contributed by atoms with E-state index in [1.165, 1.54) is 0 Å². The summed E-state index contributed by atoms with van der Waals surface area (Å²) in [5, 5.41) is 0. The molecule has 0 radical (unpaired) electrons. The molecule has 0 aliphatic heterocycles. The lowest BCUT2D eigenvalue weighted by molar-refractivity contribution is -0.430. The maximum atomic E-state index is 13.0. The molecule has 0 aromatic carbocycles. The van der Waals surface area contributed by atoms with E-state index in [0.29, 0.717) is 22.6 Å². The zero-order chi connectivity index (χ0) is 16.6. The van der Waals surface area contributed by atoms with Gasteiger partial charge < -0.3 is 0 Å². The van der Waals surface area contributed by atoms with E-state index in [1.54, 1.807) is 0 Å². The van der Waals surface area contributed by atoms with Crippen molar-refractivity contribution in [3.63, 3.8) is 0 Å². The van der Waals surface area contributed by atoms with Crippen LogP contribution in [0.25, 0.3) is 0 Å². The van der Waals surface area contributed by atoms with Crippen molar-refractivity contribution in [2.45, 2.75) is 30.7 Å². The van der Waals surface area contributed by atoms with Crippen molar-refractivity contribution < 1.29 is 53.0 Å². The predicted molar refractivity (Wildman–Crippen MR) is 50.4 cm³/mol. The Morgan fingerprint density at radius 1 is 0.800 bits per heavy atom. The molecule has 0 aromatic heterocycles. The quantitative estimate of drug-likeness (QED) is 0.342. The van der Waals surface area contributed by atoms with Crippen molar-refractivity contribution >= 4 is 22.6 Å². The van der Waals surface area contributed by atoms with Crippen molar-refractivity contribution in [3.8, 4) is 0 Å². The molecule has 0 rings (SSSR count). The van der Waals surface area contributed by atoms with E-state index in [9.17, 15) is 48.3 Å². The first-order valence-electron chi connectivity index (χ1n) is 4.34. The Bertz CT molecular complexity index is 322. The molecule has 0 saturated heterocycles. The summed E-state index contributed by atoms with van der Waals surface area (Å²) < 4.78 is 135. The van der Waals surface area contributed by atoms with Gasteiger partial charge in [0.05, 0.1) is 0 Å². The maximum Gasteiger partial charge on any atom is 0.445 e. The molecule has 0 N–H and O–H groups in total. The molecule has 20 heavy (non-hydrogen) atoms. The Labute approximate surface area is 117 Å². The lowest BCUT2D eigenvalue weighted by atomic mass is 10.0. The first-order valence-corrected chi connectivity index (χ1v) is 5.86. The van der Waals surface area contributed by atoms with Gasteiger partial charge in [-0.15, -0.1) is 0 Å². The number of halogens is 12. The number of rotatable bonds is 5. The van der Waals surface area contributed by atoms with E-state index in [1.807, 2.05) is 0 Å². The summed E-state index contributed by atoms with van der Waals surface area (Å²) in [6, 6.07) is 0. The van der Waals surface area contributed by atoms with Gasteiger partial charge in [0.25, 0.3) is 6.36 Å². The minimum atomic E-state index is -6.30. The molecule has 0 heterocycles. The standard InChI is InChI=1S/C7H4F11IO/c8-3(6(14,15)16)20-7(17,18)4(9,10)2(1-19)5(11,12)13/h2-3H,1H2/t2-,3-/m0/s1. The Balaban J connectivity index is 5.35. The molecule has 0 unspecified atom stereocenters. The van der Waals surface area contributed by atoms with Crippen LogP contribution in [0.2, 0.25) is 0 Å². The molecule has 0 bridgehead atoms. The predicted octanol–water partition coefficient (Wildman–Crippen LogP) is 4.70. The monoisotopic (exact) mass is 440 g/mol. The third-order valence-corrected chi connectivity index (χ3v) is 2.76. The number of alkyl halides is 12. The number of hydrogen-bond acceptors (Lipinski definition) is 1. The zero-order valence-electron chi connectivity index (χ0n) is 8.81. The highest BCUT2D eigenvalue weighted by atomic mass is 127. The Morgan fingerprint density at radius 2 is 1.20 bits per heavy atom. The molecule has 0 amide bonds. The third-order valence-electron chi connectivity index (χ3n) is 1.88. The lowest BCUT2D eigenvalue weighted by Crippen LogP contribution is -2.55. The van der Waals surface area contributed by atoms with Gasteiger partial charge in [0.15, 0.2) is 0 Å². The van der Waals surface area contributed by atoms with E-state index < -0.39 is 41.1 Å². The van der Waals surface area contributed by atoms with Crippen LogP contribution < -0.4 is 0 Å². The third kappa shape index (κ3) is 4.46. The fourth-order valence-electron chi connectivity index (χ4n) is 0.868. The molecule has 1 nitrogen and oxygen atoms in total. The van der Waals surface area contributed by atoms with Crippen LogP contribution in [0, 0.1) is 5.92 Å². The van der Waals surface area contributed by atoms with Crippen molar-refractivity contribution in [2.75, 3.05) is 4.43 Å². The SMILES string of the molecule is F[C@@H](OC(F)(F)C(F)(F)[C@H](CI)C(F)(F)F)C(F)(F)F. The van der Waals surface area contributed by atoms with Crippen LogP contribution >= 0.6 is 22.6 Å². The number of hydrogen-bond donors (Lipinski definition) is 0. The number of ether oxygens (including phenoxy) is 1. The smallest absolute Gasteiger partial charge is 0.272 e. The Kier molecular flexibility index (Phi) is 5.94. The van der Waals surface area contributed by atoms with Crippen LogP contribution in [-0.2, 0) is 4.74 Å². The van der Waals surface area contributed by atoms with Crippen molar-refractivity contribution in [1.29, 1.82) is 0 Å². The summed E-state index contributed by atoms with van der Waals surface area (Å²) in [7, 11) is 0. The molecular weight excluding hydrogens is 436 g/mol. The average molecular weight is 440 g/mol. The zero-order valence-corrected chi connectivity index (χ0v) is 11.0. The van der Waals surface area contributed by atoms with Gasteiger partial charge in [0.2, 0.25) is 0 Å². The van der Waals surface area contributed by atoms with Crippen molar-refractivity contribution in [1.82, 2.24) is 0 Å². The minimum Gasteiger partial charge on any atom is -0.272 e. The molecule has 13 heteroatoms. The highest BCUT2D eigenvalue weighted by Gasteiger charge is 2.71. The van der Waals surface area contributed by atoms with Crippen molar-refractivity contribution in [3.05, 3.63) is 0 Å². The van der Waals surface area contributed by atoms with Crippen LogP contribution in [-0.4, -0.2) is 35.2 Å². The normalized spacial score (nSPS) is 18.0. The van der Waals surface area contributed by atoms with E-state index in [4.69, 9.17) is 0 Å². The van der Waals surface area contributed by atoms with Gasteiger partial charge in [-0.2, -0.15) is 43.9 Å². The molecule has 0 aliphatic rings. The summed E-state index contributed by atoms with van der Waals surface area (Å²) in [6.45, 7) is 0. The minimum absolute atomic E-state index is 0.685. The van der Waals surface area contributed by atoms with Crippen LogP contribution in [0.5, 0.6) is 0 Å². The second kappa shape index (κ2) is 5.96. The van der Waals surface area contributed by atoms with Gasteiger partial charge in [0.1, 0.15) is 5.92 Å². The van der Waals surface area contributed by atoms with Crippen molar-refractivity contribution in [2.24, 2.45) is 5.92 Å². The summed E-state index contributed by atoms with van der Waals surface area (Å²) in [4.78, 5) is 0. The highest BCUT2D eigenvalue weighted by Crippen LogP contribution is 2.49. The first-order chi connectivity index (χ1) is 8.57. The largest absolute Gasteiger partial charge is 0.445 e. The summed E-state index contributed by atoms with van der Waals surface area (Å²) in [5.41, 5.74) is 0. The molecule has 0 saturated carbocycles. The van der Waals surface area contributed by atoms with Gasteiger partial charge in [-0.3, -0.25) is 4.74 Å². The van der Waals surface area contributed by atoms with E-state index in [2.05, 4.69) is 4.74 Å². The van der Waals surface area contributed by atoms with Gasteiger partial charge in [0, 0.05) is 4.43 Å². The molecule has 2 atom stereocenters. The molecule has 122 valence electrons. The summed E-state index contributed by atoms with van der Waals surface area (Å²) >= 11 is 0.685. The van der Waals surface area contributed by atoms with E-state index in [-0.39, 0.29) is 0 Å². The van der Waals surface area contributed by atoms with E-state index >= 15 is 0 Å². The fraction of sp³-hybridized carbons (Fsp3) is 1.00. The second-order valence-electron chi connectivity index (χ2n) is 3.36. The summed E-state index contributed by atoms with van der Waals surface area (Å²) in [6.07, 6.45) is -23.1. The topological polar surface area (TPSA) is 9.23 Å². The Morgan fingerprint density at radius 3 is 1.45 bits per heavy atom. The first kappa shape index (κ1) is 19.9. The average Bonchev–Trinajstić information content (AvgIpc) is 2.12. The van der Waals surface area contributed by atoms with Gasteiger partial charge in [-0.1, -0.05) is 22.6 Å². The second-order valence-corrected chi connectivity index (χ2v) is 4.24. The lowest BCUT2D eigenvalue weighted by Gasteiger charge is -2.33. The van der Waals surface area contributed by atoms with Gasteiger partial charge in [-0.25, -0.2) is 4.39 Å².